The van der Waals surface area contributed by atoms with E-state index >= 15 is 0 Å². The van der Waals surface area contributed by atoms with Crippen molar-refractivity contribution in [2.45, 2.75) is 26.5 Å². The lowest BCUT2D eigenvalue weighted by Gasteiger charge is -2.16. The Morgan fingerprint density at radius 3 is 2.65 bits per heavy atom. The number of amides is 2. The molecule has 0 saturated heterocycles. The Morgan fingerprint density at radius 2 is 2.05 bits per heavy atom. The SMILES string of the molecule is CC(C)C(O)CNC(=O)NCc1cccc(N(C)C)n1. The fourth-order valence-electron chi connectivity index (χ4n) is 1.48. The molecular formula is C14H24N4O2. The van der Waals surface area contributed by atoms with Crippen molar-refractivity contribution >= 4 is 11.8 Å². The molecular weight excluding hydrogens is 256 g/mol. The summed E-state index contributed by atoms with van der Waals surface area (Å²) in [4.78, 5) is 17.9. The number of carbonyl (C=O) groups excluding carboxylic acids is 1. The highest BCUT2D eigenvalue weighted by molar-refractivity contribution is 5.73. The Bertz CT molecular complexity index is 435. The summed E-state index contributed by atoms with van der Waals surface area (Å²) in [5.41, 5.74) is 0.788. The third-order valence-corrected chi connectivity index (χ3v) is 2.92. The second-order valence-corrected chi connectivity index (χ2v) is 5.26. The lowest BCUT2D eigenvalue weighted by atomic mass is 10.1. The van der Waals surface area contributed by atoms with Crippen LogP contribution in [0.2, 0.25) is 0 Å². The molecule has 0 aliphatic carbocycles. The topological polar surface area (TPSA) is 77.5 Å². The molecule has 20 heavy (non-hydrogen) atoms. The smallest absolute Gasteiger partial charge is 0.315 e. The van der Waals surface area contributed by atoms with Gasteiger partial charge in [-0.1, -0.05) is 19.9 Å². The number of urea groups is 1. The molecule has 0 bridgehead atoms. The molecule has 1 aromatic rings. The van der Waals surface area contributed by atoms with Gasteiger partial charge in [-0.3, -0.25) is 0 Å². The zero-order chi connectivity index (χ0) is 15.1. The molecule has 112 valence electrons. The van der Waals surface area contributed by atoms with Crippen LogP contribution < -0.4 is 15.5 Å². The molecule has 0 aliphatic rings. The summed E-state index contributed by atoms with van der Waals surface area (Å²) >= 11 is 0. The van der Waals surface area contributed by atoms with Crippen LogP contribution in [0.15, 0.2) is 18.2 Å². The number of aliphatic hydroxyl groups excluding tert-OH is 1. The van der Waals surface area contributed by atoms with Crippen molar-refractivity contribution in [2.75, 3.05) is 25.5 Å². The highest BCUT2D eigenvalue weighted by Gasteiger charge is 2.10. The minimum absolute atomic E-state index is 0.119. The Morgan fingerprint density at radius 1 is 1.35 bits per heavy atom. The van der Waals surface area contributed by atoms with Gasteiger partial charge < -0.3 is 20.6 Å². The lowest BCUT2D eigenvalue weighted by Crippen LogP contribution is -2.40. The van der Waals surface area contributed by atoms with E-state index < -0.39 is 6.10 Å². The van der Waals surface area contributed by atoms with Crippen molar-refractivity contribution in [3.8, 4) is 0 Å². The molecule has 2 amide bonds. The summed E-state index contributed by atoms with van der Waals surface area (Å²) in [5.74, 6) is 0.966. The second kappa shape index (κ2) is 7.69. The Labute approximate surface area is 120 Å². The van der Waals surface area contributed by atoms with E-state index in [1.807, 2.05) is 51.0 Å². The van der Waals surface area contributed by atoms with Gasteiger partial charge in [0.1, 0.15) is 5.82 Å². The van der Waals surface area contributed by atoms with Crippen LogP contribution in [0.4, 0.5) is 10.6 Å². The summed E-state index contributed by atoms with van der Waals surface area (Å²) in [7, 11) is 3.83. The number of pyridine rings is 1. The highest BCUT2D eigenvalue weighted by atomic mass is 16.3. The molecule has 3 N–H and O–H groups in total. The Kier molecular flexibility index (Phi) is 6.24. The minimum Gasteiger partial charge on any atom is -0.391 e. The van der Waals surface area contributed by atoms with Crippen molar-refractivity contribution in [3.63, 3.8) is 0 Å². The number of aromatic nitrogens is 1. The van der Waals surface area contributed by atoms with Crippen molar-refractivity contribution in [1.82, 2.24) is 15.6 Å². The number of rotatable bonds is 6. The van der Waals surface area contributed by atoms with E-state index in [4.69, 9.17) is 0 Å². The molecule has 6 nitrogen and oxygen atoms in total. The van der Waals surface area contributed by atoms with Gasteiger partial charge in [0, 0.05) is 20.6 Å². The van der Waals surface area contributed by atoms with E-state index in [1.165, 1.54) is 0 Å². The quantitative estimate of drug-likeness (QED) is 0.725. The summed E-state index contributed by atoms with van der Waals surface area (Å²) in [6.07, 6.45) is -0.532. The molecule has 0 aliphatic heterocycles. The standard InChI is InChI=1S/C14H24N4O2/c1-10(2)12(19)9-16-14(20)15-8-11-6-5-7-13(17-11)18(3)4/h5-7,10,12,19H,8-9H2,1-4H3,(H2,15,16,20). The number of aliphatic hydroxyl groups is 1. The average Bonchev–Trinajstić information content (AvgIpc) is 2.42. The number of anilines is 1. The normalized spacial score (nSPS) is 12.1. The molecule has 0 fully saturated rings. The van der Waals surface area contributed by atoms with Gasteiger partial charge in [-0.15, -0.1) is 0 Å². The lowest BCUT2D eigenvalue weighted by molar-refractivity contribution is 0.125. The predicted octanol–water partition coefficient (Wildman–Crippen LogP) is 0.964. The van der Waals surface area contributed by atoms with Crippen molar-refractivity contribution < 1.29 is 9.90 Å². The third-order valence-electron chi connectivity index (χ3n) is 2.92. The first kappa shape index (κ1) is 16.2. The molecule has 1 unspecified atom stereocenters. The maximum absolute atomic E-state index is 11.6. The van der Waals surface area contributed by atoms with Crippen molar-refractivity contribution in [3.05, 3.63) is 23.9 Å². The molecule has 0 saturated carbocycles. The highest BCUT2D eigenvalue weighted by Crippen LogP contribution is 2.07. The Hall–Kier alpha value is -1.82. The number of carbonyl (C=O) groups is 1. The van der Waals surface area contributed by atoms with Crippen LogP contribution >= 0.6 is 0 Å². The second-order valence-electron chi connectivity index (χ2n) is 5.26. The number of nitrogens with one attached hydrogen (secondary N) is 2. The van der Waals surface area contributed by atoms with E-state index in [-0.39, 0.29) is 18.5 Å². The zero-order valence-electron chi connectivity index (χ0n) is 12.6. The Balaban J connectivity index is 2.39. The summed E-state index contributed by atoms with van der Waals surface area (Å²) < 4.78 is 0. The van der Waals surface area contributed by atoms with Gasteiger partial charge >= 0.3 is 6.03 Å². The monoisotopic (exact) mass is 280 g/mol. The van der Waals surface area contributed by atoms with E-state index in [0.29, 0.717) is 6.54 Å². The predicted molar refractivity (Wildman–Crippen MR) is 79.6 cm³/mol. The fourth-order valence-corrected chi connectivity index (χ4v) is 1.48. The van der Waals surface area contributed by atoms with E-state index in [9.17, 15) is 9.90 Å². The maximum atomic E-state index is 11.6. The van der Waals surface area contributed by atoms with Gasteiger partial charge in [-0.05, 0) is 18.1 Å². The fraction of sp³-hybridized carbons (Fsp3) is 0.571. The summed E-state index contributed by atoms with van der Waals surface area (Å²) in [6, 6.07) is 5.36. The number of hydrogen-bond acceptors (Lipinski definition) is 4. The maximum Gasteiger partial charge on any atom is 0.315 e. The average molecular weight is 280 g/mol. The third kappa shape index (κ3) is 5.44. The van der Waals surface area contributed by atoms with Crippen LogP contribution in [0.5, 0.6) is 0 Å². The van der Waals surface area contributed by atoms with Gasteiger partial charge in [0.2, 0.25) is 0 Å². The molecule has 1 atom stereocenters. The summed E-state index contributed by atoms with van der Waals surface area (Å²) in [6.45, 7) is 4.40. The van der Waals surface area contributed by atoms with E-state index in [0.717, 1.165) is 11.5 Å². The van der Waals surface area contributed by atoms with E-state index in [1.54, 1.807) is 0 Å². The van der Waals surface area contributed by atoms with Crippen LogP contribution in [0.3, 0.4) is 0 Å². The van der Waals surface area contributed by atoms with Crippen molar-refractivity contribution in [1.29, 1.82) is 0 Å². The molecule has 0 aromatic carbocycles. The molecule has 0 spiro atoms. The van der Waals surface area contributed by atoms with Crippen LogP contribution in [0.1, 0.15) is 19.5 Å². The molecule has 6 heteroatoms. The molecule has 0 radical (unpaired) electrons. The first-order valence-corrected chi connectivity index (χ1v) is 6.73. The van der Waals surface area contributed by atoms with Gasteiger partial charge in [-0.25, -0.2) is 9.78 Å². The van der Waals surface area contributed by atoms with Crippen LogP contribution in [-0.2, 0) is 6.54 Å². The number of hydrogen-bond donors (Lipinski definition) is 3. The van der Waals surface area contributed by atoms with Crippen LogP contribution in [0, 0.1) is 5.92 Å². The molecule has 1 aromatic heterocycles. The molecule has 1 rings (SSSR count). The first-order chi connectivity index (χ1) is 9.40. The van der Waals surface area contributed by atoms with Gasteiger partial charge in [0.25, 0.3) is 0 Å². The first-order valence-electron chi connectivity index (χ1n) is 6.73. The van der Waals surface area contributed by atoms with Crippen molar-refractivity contribution in [2.24, 2.45) is 5.92 Å². The summed E-state index contributed by atoms with van der Waals surface area (Å²) in [5, 5.41) is 14.9. The molecule has 1 heterocycles. The van der Waals surface area contributed by atoms with E-state index in [2.05, 4.69) is 15.6 Å². The number of nitrogens with zero attached hydrogens (tertiary/aromatic N) is 2. The van der Waals surface area contributed by atoms with Gasteiger partial charge in [0.15, 0.2) is 0 Å². The minimum atomic E-state index is -0.532. The largest absolute Gasteiger partial charge is 0.391 e. The zero-order valence-corrected chi connectivity index (χ0v) is 12.6. The van der Waals surface area contributed by atoms with Crippen LogP contribution in [0.25, 0.3) is 0 Å². The van der Waals surface area contributed by atoms with Gasteiger partial charge in [0.05, 0.1) is 18.3 Å². The van der Waals surface area contributed by atoms with Gasteiger partial charge in [-0.2, -0.15) is 0 Å². The van der Waals surface area contributed by atoms with Crippen LogP contribution in [-0.4, -0.2) is 42.9 Å².